The van der Waals surface area contributed by atoms with Gasteiger partial charge in [0.25, 0.3) is 0 Å². The predicted molar refractivity (Wildman–Crippen MR) is 59.1 cm³/mol. The van der Waals surface area contributed by atoms with Crippen molar-refractivity contribution in [2.24, 2.45) is 0 Å². The highest BCUT2D eigenvalue weighted by molar-refractivity contribution is 6.31. The summed E-state index contributed by atoms with van der Waals surface area (Å²) in [5.74, 6) is 0. The Labute approximate surface area is 106 Å². The van der Waals surface area contributed by atoms with E-state index in [1.165, 1.54) is 0 Å². The zero-order chi connectivity index (χ0) is 13.9. The average Bonchev–Trinajstić information content (AvgIpc) is 2.27. The smallest absolute Gasteiger partial charge is 0.396 e. The van der Waals surface area contributed by atoms with Gasteiger partial charge in [-0.25, -0.2) is 0 Å². The Hall–Kier alpha value is -0.820. The van der Waals surface area contributed by atoms with E-state index < -0.39 is 30.6 Å². The van der Waals surface area contributed by atoms with Crippen LogP contribution in [-0.4, -0.2) is 28.0 Å². The molecule has 0 amide bonds. The molecule has 0 aliphatic carbocycles. The van der Waals surface area contributed by atoms with Crippen molar-refractivity contribution in [1.29, 1.82) is 0 Å². The van der Waals surface area contributed by atoms with E-state index in [9.17, 15) is 23.4 Å². The molecule has 18 heavy (non-hydrogen) atoms. The van der Waals surface area contributed by atoms with Gasteiger partial charge in [-0.2, -0.15) is 13.2 Å². The van der Waals surface area contributed by atoms with Gasteiger partial charge in [0.15, 0.2) is 0 Å². The maximum Gasteiger partial charge on any atom is 0.416 e. The number of hydrogen-bond donors (Lipinski definition) is 3. The molecule has 0 aliphatic rings. The second-order valence-corrected chi connectivity index (χ2v) is 4.17. The average molecular weight is 285 g/mol. The molecule has 0 aromatic heterocycles. The molecule has 0 radical (unpaired) electrons. The van der Waals surface area contributed by atoms with Crippen molar-refractivity contribution in [1.82, 2.24) is 0 Å². The van der Waals surface area contributed by atoms with Gasteiger partial charge in [-0.1, -0.05) is 11.6 Å². The molecule has 0 spiro atoms. The molecule has 3 N–H and O–H groups in total. The van der Waals surface area contributed by atoms with E-state index in [2.05, 4.69) is 0 Å². The summed E-state index contributed by atoms with van der Waals surface area (Å²) in [6.07, 6.45) is -7.67. The predicted octanol–water partition coefficient (Wildman–Crippen LogP) is 2.14. The summed E-state index contributed by atoms with van der Waals surface area (Å²) in [6, 6.07) is 2.49. The van der Waals surface area contributed by atoms with Crippen LogP contribution < -0.4 is 0 Å². The van der Waals surface area contributed by atoms with Gasteiger partial charge in [-0.05, 0) is 24.6 Å². The lowest BCUT2D eigenvalue weighted by Crippen LogP contribution is -2.20. The van der Waals surface area contributed by atoms with Gasteiger partial charge in [-0.3, -0.25) is 0 Å². The topological polar surface area (TPSA) is 60.7 Å². The minimum Gasteiger partial charge on any atom is -0.396 e. The van der Waals surface area contributed by atoms with Crippen molar-refractivity contribution in [2.45, 2.75) is 24.8 Å². The monoisotopic (exact) mass is 284 g/mol. The maximum absolute atomic E-state index is 12.5. The number of rotatable bonds is 4. The van der Waals surface area contributed by atoms with Crippen LogP contribution in [0.3, 0.4) is 0 Å². The van der Waals surface area contributed by atoms with Gasteiger partial charge >= 0.3 is 6.18 Å². The third-order valence-electron chi connectivity index (χ3n) is 2.43. The van der Waals surface area contributed by atoms with E-state index in [1.54, 1.807) is 0 Å². The molecule has 0 heterocycles. The van der Waals surface area contributed by atoms with Crippen LogP contribution >= 0.6 is 11.6 Å². The molecule has 102 valence electrons. The third-order valence-corrected chi connectivity index (χ3v) is 2.78. The van der Waals surface area contributed by atoms with Gasteiger partial charge < -0.3 is 15.3 Å². The number of aliphatic hydroxyl groups is 3. The molecule has 0 fully saturated rings. The fourth-order valence-electron chi connectivity index (χ4n) is 1.44. The summed E-state index contributed by atoms with van der Waals surface area (Å²) in [6.45, 7) is -0.394. The van der Waals surface area contributed by atoms with Crippen molar-refractivity contribution in [2.75, 3.05) is 6.61 Å². The maximum atomic E-state index is 12.5. The largest absolute Gasteiger partial charge is 0.416 e. The minimum atomic E-state index is -4.55. The molecule has 0 bridgehead atoms. The molecule has 0 saturated heterocycles. The third kappa shape index (κ3) is 3.58. The van der Waals surface area contributed by atoms with Crippen molar-refractivity contribution < 1.29 is 28.5 Å². The summed E-state index contributed by atoms with van der Waals surface area (Å²) in [4.78, 5) is 0. The van der Waals surface area contributed by atoms with E-state index in [0.717, 1.165) is 12.1 Å². The van der Waals surface area contributed by atoms with E-state index in [4.69, 9.17) is 16.7 Å². The highest BCUT2D eigenvalue weighted by Crippen LogP contribution is 2.34. The fourth-order valence-corrected chi connectivity index (χ4v) is 1.67. The van der Waals surface area contributed by atoms with Crippen LogP contribution in [0.2, 0.25) is 5.02 Å². The summed E-state index contributed by atoms with van der Waals surface area (Å²) in [7, 11) is 0. The van der Waals surface area contributed by atoms with Crippen LogP contribution in [0.5, 0.6) is 0 Å². The van der Waals surface area contributed by atoms with Gasteiger partial charge in [-0.15, -0.1) is 0 Å². The summed E-state index contributed by atoms with van der Waals surface area (Å²) in [5, 5.41) is 27.6. The molecule has 1 aromatic carbocycles. The molecule has 0 saturated carbocycles. The zero-order valence-electron chi connectivity index (χ0n) is 9.15. The Morgan fingerprint density at radius 1 is 1.22 bits per heavy atom. The van der Waals surface area contributed by atoms with Crippen LogP contribution in [0.1, 0.15) is 23.7 Å². The standard InChI is InChI=1S/C11H12ClF3O3/c12-8-2-1-6(11(13,14)15)5-7(8)10(18)9(17)3-4-16/h1-2,5,9-10,16-18H,3-4H2. The molecule has 0 aliphatic heterocycles. The highest BCUT2D eigenvalue weighted by Gasteiger charge is 2.32. The van der Waals surface area contributed by atoms with E-state index in [-0.39, 0.29) is 17.0 Å². The normalized spacial score (nSPS) is 15.5. The first-order valence-electron chi connectivity index (χ1n) is 5.11. The second-order valence-electron chi connectivity index (χ2n) is 3.76. The Balaban J connectivity index is 3.08. The number of halogens is 4. The molecule has 2 atom stereocenters. The first-order valence-corrected chi connectivity index (χ1v) is 5.48. The number of aliphatic hydroxyl groups excluding tert-OH is 3. The SMILES string of the molecule is OCCC(O)C(O)c1cc(C(F)(F)F)ccc1Cl. The lowest BCUT2D eigenvalue weighted by atomic mass is 10.00. The van der Waals surface area contributed by atoms with Gasteiger partial charge in [0.05, 0.1) is 11.7 Å². The van der Waals surface area contributed by atoms with Crippen LogP contribution in [0.15, 0.2) is 18.2 Å². The van der Waals surface area contributed by atoms with E-state index in [0.29, 0.717) is 6.07 Å². The summed E-state index contributed by atoms with van der Waals surface area (Å²) < 4.78 is 37.5. The molecular weight excluding hydrogens is 273 g/mol. The molecule has 2 unspecified atom stereocenters. The molecule has 1 aromatic rings. The lowest BCUT2D eigenvalue weighted by Gasteiger charge is -2.19. The minimum absolute atomic E-state index is 0.0764. The lowest BCUT2D eigenvalue weighted by molar-refractivity contribution is -0.137. The Morgan fingerprint density at radius 2 is 1.83 bits per heavy atom. The van der Waals surface area contributed by atoms with Crippen molar-refractivity contribution in [3.05, 3.63) is 34.3 Å². The number of benzene rings is 1. The van der Waals surface area contributed by atoms with Crippen molar-refractivity contribution in [3.8, 4) is 0 Å². The quantitative estimate of drug-likeness (QED) is 0.794. The molecule has 3 nitrogen and oxygen atoms in total. The van der Waals surface area contributed by atoms with Crippen molar-refractivity contribution >= 4 is 11.6 Å². The molecular formula is C11H12ClF3O3. The van der Waals surface area contributed by atoms with Crippen LogP contribution in [0, 0.1) is 0 Å². The second kappa shape index (κ2) is 5.88. The first kappa shape index (κ1) is 15.2. The Kier molecular flexibility index (Phi) is 4.98. The van der Waals surface area contributed by atoms with Gasteiger partial charge in [0, 0.05) is 17.2 Å². The van der Waals surface area contributed by atoms with Gasteiger partial charge in [0.1, 0.15) is 6.10 Å². The van der Waals surface area contributed by atoms with Crippen LogP contribution in [0.25, 0.3) is 0 Å². The molecule has 1 rings (SSSR count). The van der Waals surface area contributed by atoms with Crippen LogP contribution in [0.4, 0.5) is 13.2 Å². The van der Waals surface area contributed by atoms with Crippen molar-refractivity contribution in [3.63, 3.8) is 0 Å². The zero-order valence-corrected chi connectivity index (χ0v) is 9.91. The van der Waals surface area contributed by atoms with E-state index in [1.807, 2.05) is 0 Å². The summed E-state index contributed by atoms with van der Waals surface area (Å²) >= 11 is 5.68. The fraction of sp³-hybridized carbons (Fsp3) is 0.455. The molecule has 7 heteroatoms. The van der Waals surface area contributed by atoms with Crippen LogP contribution in [-0.2, 0) is 6.18 Å². The Bertz CT molecular complexity index is 409. The first-order chi connectivity index (χ1) is 8.27. The number of alkyl halides is 3. The Morgan fingerprint density at radius 3 is 2.33 bits per heavy atom. The summed E-state index contributed by atoms with van der Waals surface area (Å²) in [5.41, 5.74) is -1.18. The van der Waals surface area contributed by atoms with E-state index >= 15 is 0 Å². The highest BCUT2D eigenvalue weighted by atomic mass is 35.5. The number of hydrogen-bond acceptors (Lipinski definition) is 3. The van der Waals surface area contributed by atoms with Gasteiger partial charge in [0.2, 0.25) is 0 Å².